The third kappa shape index (κ3) is 3.40. The number of aromatic nitrogens is 3. The molecule has 2 aromatic heterocycles. The molecule has 1 aliphatic carbocycles. The fourth-order valence-electron chi connectivity index (χ4n) is 3.23. The van der Waals surface area contributed by atoms with Gasteiger partial charge >= 0.3 is 0 Å². The van der Waals surface area contributed by atoms with E-state index in [4.69, 9.17) is 4.74 Å². The Morgan fingerprint density at radius 3 is 2.96 bits per heavy atom. The Hall–Kier alpha value is -1.47. The number of hydrogen-bond acceptors (Lipinski definition) is 6. The highest BCUT2D eigenvalue weighted by Gasteiger charge is 2.29. The van der Waals surface area contributed by atoms with E-state index >= 15 is 0 Å². The molecule has 0 N–H and O–H groups in total. The van der Waals surface area contributed by atoms with Crippen molar-refractivity contribution in [2.75, 3.05) is 25.2 Å². The van der Waals surface area contributed by atoms with Gasteiger partial charge in [0.15, 0.2) is 0 Å². The highest BCUT2D eigenvalue weighted by molar-refractivity contribution is 7.20. The average molecular weight is 336 g/mol. The van der Waals surface area contributed by atoms with E-state index in [0.29, 0.717) is 17.6 Å². The lowest BCUT2D eigenvalue weighted by Gasteiger charge is -2.28. The van der Waals surface area contributed by atoms with Crippen LogP contribution in [0.3, 0.4) is 0 Å². The predicted molar refractivity (Wildman–Crippen MR) is 92.5 cm³/mol. The SMILES string of the molecule is CCc1cc(=O)n2nc(N(CCOC)C3CCC(C)C3)sc2n1. The summed E-state index contributed by atoms with van der Waals surface area (Å²) < 4.78 is 6.69. The summed E-state index contributed by atoms with van der Waals surface area (Å²) >= 11 is 1.50. The molecule has 1 aliphatic rings. The first kappa shape index (κ1) is 16.4. The van der Waals surface area contributed by atoms with Crippen LogP contribution in [0, 0.1) is 5.92 Å². The Bertz CT molecular complexity index is 726. The molecule has 0 amide bonds. The second kappa shape index (κ2) is 6.97. The zero-order valence-electron chi connectivity index (χ0n) is 14.0. The number of hydrogen-bond donors (Lipinski definition) is 0. The van der Waals surface area contributed by atoms with Crippen LogP contribution >= 0.6 is 11.3 Å². The smallest absolute Gasteiger partial charge is 0.275 e. The fraction of sp³-hybridized carbons (Fsp3) is 0.688. The molecule has 0 spiro atoms. The summed E-state index contributed by atoms with van der Waals surface area (Å²) in [5.74, 6) is 0.743. The molecule has 7 heteroatoms. The van der Waals surface area contributed by atoms with Crippen LogP contribution in [0.2, 0.25) is 0 Å². The molecule has 2 heterocycles. The number of rotatable bonds is 6. The Kier molecular flexibility index (Phi) is 4.96. The quantitative estimate of drug-likeness (QED) is 0.810. The summed E-state index contributed by atoms with van der Waals surface area (Å²) in [4.78, 5) is 19.7. The van der Waals surface area contributed by atoms with E-state index in [9.17, 15) is 4.79 Å². The number of nitrogens with zero attached hydrogens (tertiary/aromatic N) is 4. The summed E-state index contributed by atoms with van der Waals surface area (Å²) in [7, 11) is 1.72. The molecule has 0 aliphatic heterocycles. The minimum absolute atomic E-state index is 0.0965. The highest BCUT2D eigenvalue weighted by atomic mass is 32.1. The number of methoxy groups -OCH3 is 1. The Balaban J connectivity index is 1.96. The molecule has 1 fully saturated rings. The van der Waals surface area contributed by atoms with Crippen LogP contribution in [-0.2, 0) is 11.2 Å². The van der Waals surface area contributed by atoms with Crippen LogP contribution in [-0.4, -0.2) is 40.9 Å². The average Bonchev–Trinajstić information content (AvgIpc) is 3.14. The van der Waals surface area contributed by atoms with Crippen LogP contribution in [0.15, 0.2) is 10.9 Å². The largest absolute Gasteiger partial charge is 0.383 e. The van der Waals surface area contributed by atoms with Crippen molar-refractivity contribution in [3.63, 3.8) is 0 Å². The third-order valence-corrected chi connectivity index (χ3v) is 5.49. The predicted octanol–water partition coefficient (Wildman–Crippen LogP) is 2.35. The van der Waals surface area contributed by atoms with Crippen molar-refractivity contribution in [3.8, 4) is 0 Å². The van der Waals surface area contributed by atoms with Gasteiger partial charge in [-0.05, 0) is 31.6 Å². The maximum atomic E-state index is 12.2. The van der Waals surface area contributed by atoms with E-state index in [1.165, 1.54) is 35.1 Å². The Morgan fingerprint density at radius 2 is 2.30 bits per heavy atom. The van der Waals surface area contributed by atoms with Crippen molar-refractivity contribution in [1.82, 2.24) is 14.6 Å². The molecule has 0 bridgehead atoms. The van der Waals surface area contributed by atoms with Crippen molar-refractivity contribution < 1.29 is 4.74 Å². The lowest BCUT2D eigenvalue weighted by atomic mass is 10.1. The first-order chi connectivity index (χ1) is 11.1. The van der Waals surface area contributed by atoms with Gasteiger partial charge in [-0.15, -0.1) is 5.10 Å². The molecule has 2 atom stereocenters. The van der Waals surface area contributed by atoms with Crippen LogP contribution < -0.4 is 10.5 Å². The van der Waals surface area contributed by atoms with Crippen molar-refractivity contribution in [1.29, 1.82) is 0 Å². The first-order valence-electron chi connectivity index (χ1n) is 8.27. The van der Waals surface area contributed by atoms with Gasteiger partial charge in [0.1, 0.15) is 0 Å². The lowest BCUT2D eigenvalue weighted by Crippen LogP contribution is -2.36. The molecule has 6 nitrogen and oxygen atoms in total. The summed E-state index contributed by atoms with van der Waals surface area (Å²) in [6.07, 6.45) is 4.34. The molecule has 0 saturated heterocycles. The molecule has 0 radical (unpaired) electrons. The van der Waals surface area contributed by atoms with Crippen LogP contribution in [0.5, 0.6) is 0 Å². The van der Waals surface area contributed by atoms with Gasteiger partial charge in [-0.25, -0.2) is 4.98 Å². The van der Waals surface area contributed by atoms with Crippen molar-refractivity contribution in [2.24, 2.45) is 5.92 Å². The van der Waals surface area contributed by atoms with E-state index < -0.39 is 0 Å². The standard InChI is InChI=1S/C16H24N4O2S/c1-4-12-10-14(21)20-15(17-12)23-16(18-20)19(7-8-22-3)13-6-5-11(2)9-13/h10-11,13H,4-9H2,1-3H3. The minimum atomic E-state index is -0.0965. The zero-order valence-corrected chi connectivity index (χ0v) is 14.8. The molecule has 2 aromatic rings. The highest BCUT2D eigenvalue weighted by Crippen LogP contribution is 2.33. The molecule has 3 rings (SSSR count). The summed E-state index contributed by atoms with van der Waals surface area (Å²) in [5.41, 5.74) is 0.726. The molecule has 2 unspecified atom stereocenters. The van der Waals surface area contributed by atoms with E-state index in [-0.39, 0.29) is 5.56 Å². The van der Waals surface area contributed by atoms with Crippen LogP contribution in [0.1, 0.15) is 38.8 Å². The molecule has 0 aromatic carbocycles. The van der Waals surface area contributed by atoms with E-state index in [2.05, 4.69) is 21.9 Å². The third-order valence-electron chi connectivity index (χ3n) is 4.54. The molecule has 1 saturated carbocycles. The molecule has 126 valence electrons. The Labute approximate surface area is 140 Å². The van der Waals surface area contributed by atoms with Gasteiger partial charge in [0.05, 0.1) is 6.61 Å². The summed E-state index contributed by atoms with van der Waals surface area (Å²) in [6, 6.07) is 2.05. The van der Waals surface area contributed by atoms with Crippen LogP contribution in [0.4, 0.5) is 5.13 Å². The number of aryl methyl sites for hydroxylation is 1. The number of fused-ring (bicyclic) bond motifs is 1. The topological polar surface area (TPSA) is 59.7 Å². The molecule has 23 heavy (non-hydrogen) atoms. The van der Waals surface area contributed by atoms with Gasteiger partial charge in [-0.3, -0.25) is 4.79 Å². The maximum absolute atomic E-state index is 12.2. The second-order valence-electron chi connectivity index (χ2n) is 6.28. The van der Waals surface area contributed by atoms with Gasteiger partial charge in [0, 0.05) is 31.5 Å². The monoisotopic (exact) mass is 336 g/mol. The van der Waals surface area contributed by atoms with E-state index in [1.54, 1.807) is 13.2 Å². The molecular weight excluding hydrogens is 312 g/mol. The van der Waals surface area contributed by atoms with Gasteiger partial charge in [0.25, 0.3) is 5.56 Å². The lowest BCUT2D eigenvalue weighted by molar-refractivity contribution is 0.203. The number of anilines is 1. The second-order valence-corrected chi connectivity index (χ2v) is 7.21. The first-order valence-corrected chi connectivity index (χ1v) is 9.09. The van der Waals surface area contributed by atoms with Crippen LogP contribution in [0.25, 0.3) is 4.96 Å². The normalized spacial score (nSPS) is 21.2. The van der Waals surface area contributed by atoms with Gasteiger partial charge in [-0.1, -0.05) is 25.2 Å². The molecular formula is C16H24N4O2S. The van der Waals surface area contributed by atoms with Crippen molar-refractivity contribution >= 4 is 21.4 Å². The van der Waals surface area contributed by atoms with E-state index in [1.807, 2.05) is 6.92 Å². The Morgan fingerprint density at radius 1 is 1.48 bits per heavy atom. The minimum Gasteiger partial charge on any atom is -0.383 e. The van der Waals surface area contributed by atoms with Crippen molar-refractivity contribution in [3.05, 3.63) is 22.1 Å². The summed E-state index contributed by atoms with van der Waals surface area (Å²) in [5, 5.41) is 5.42. The van der Waals surface area contributed by atoms with Crippen molar-refractivity contribution in [2.45, 2.75) is 45.6 Å². The maximum Gasteiger partial charge on any atom is 0.275 e. The zero-order chi connectivity index (χ0) is 16.4. The van der Waals surface area contributed by atoms with E-state index in [0.717, 1.165) is 29.7 Å². The number of ether oxygens (including phenoxy) is 1. The van der Waals surface area contributed by atoms with Gasteiger partial charge in [0.2, 0.25) is 10.1 Å². The van der Waals surface area contributed by atoms with Gasteiger partial charge < -0.3 is 9.64 Å². The van der Waals surface area contributed by atoms with Gasteiger partial charge in [-0.2, -0.15) is 4.52 Å². The fourth-order valence-corrected chi connectivity index (χ4v) is 4.25. The summed E-state index contributed by atoms with van der Waals surface area (Å²) in [6.45, 7) is 5.75.